The zero-order valence-corrected chi connectivity index (χ0v) is 19.7. The Labute approximate surface area is 192 Å². The molecule has 3 aromatic rings. The lowest BCUT2D eigenvalue weighted by Crippen LogP contribution is -2.40. The molecule has 9 heteroatoms. The van der Waals surface area contributed by atoms with Crippen LogP contribution in [0, 0.1) is 0 Å². The third-order valence-corrected chi connectivity index (χ3v) is 6.78. The van der Waals surface area contributed by atoms with Crippen molar-refractivity contribution in [3.8, 4) is 11.5 Å². The summed E-state index contributed by atoms with van der Waals surface area (Å²) in [6.07, 6.45) is 1.84. The molecule has 1 unspecified atom stereocenters. The summed E-state index contributed by atoms with van der Waals surface area (Å²) in [5.74, 6) is 0.593. The second-order valence-corrected chi connectivity index (χ2v) is 8.76. The number of thiophene rings is 1. The lowest BCUT2D eigenvalue weighted by Gasteiger charge is -2.26. The lowest BCUT2D eigenvalue weighted by molar-refractivity contribution is -0.139. The predicted molar refractivity (Wildman–Crippen MR) is 124 cm³/mol. The summed E-state index contributed by atoms with van der Waals surface area (Å²) in [6, 6.07) is 6.51. The first-order valence-corrected chi connectivity index (χ1v) is 11.7. The Morgan fingerprint density at radius 3 is 2.72 bits per heavy atom. The fourth-order valence-corrected chi connectivity index (χ4v) is 5.30. The van der Waals surface area contributed by atoms with Crippen LogP contribution in [0.15, 0.2) is 56.1 Å². The van der Waals surface area contributed by atoms with Crippen LogP contribution in [0.1, 0.15) is 31.0 Å². The van der Waals surface area contributed by atoms with E-state index < -0.39 is 12.0 Å². The second kappa shape index (κ2) is 9.13. The van der Waals surface area contributed by atoms with Crippen LogP contribution in [0.3, 0.4) is 0 Å². The number of hydrogen-bond acceptors (Lipinski definition) is 8. The second-order valence-electron chi connectivity index (χ2n) is 6.97. The van der Waals surface area contributed by atoms with E-state index in [2.05, 4.69) is 4.99 Å². The molecule has 1 aliphatic heterocycles. The number of thiazole rings is 1. The van der Waals surface area contributed by atoms with Crippen LogP contribution in [-0.4, -0.2) is 31.4 Å². The highest BCUT2D eigenvalue weighted by molar-refractivity contribution is 7.08. The van der Waals surface area contributed by atoms with Crippen molar-refractivity contribution in [1.82, 2.24) is 4.57 Å². The average Bonchev–Trinajstić information content (AvgIpc) is 3.40. The van der Waals surface area contributed by atoms with Gasteiger partial charge in [0.05, 0.1) is 36.6 Å². The number of hydrogen-bond donors (Lipinski definition) is 0. The molecule has 0 aliphatic carbocycles. The maximum Gasteiger partial charge on any atom is 0.338 e. The van der Waals surface area contributed by atoms with Gasteiger partial charge in [-0.25, -0.2) is 9.79 Å². The van der Waals surface area contributed by atoms with Gasteiger partial charge in [-0.1, -0.05) is 11.3 Å². The number of ether oxygens (including phenoxy) is 3. The van der Waals surface area contributed by atoms with E-state index >= 15 is 0 Å². The van der Waals surface area contributed by atoms with Crippen molar-refractivity contribution in [2.75, 3.05) is 20.8 Å². The molecular weight excluding hydrogens is 448 g/mol. The van der Waals surface area contributed by atoms with Gasteiger partial charge in [0.1, 0.15) is 17.5 Å². The number of methoxy groups -OCH3 is 2. The van der Waals surface area contributed by atoms with Crippen molar-refractivity contribution in [3.05, 3.63) is 77.1 Å². The summed E-state index contributed by atoms with van der Waals surface area (Å²) in [4.78, 5) is 31.6. The van der Waals surface area contributed by atoms with Crippen molar-refractivity contribution in [2.45, 2.75) is 19.9 Å². The van der Waals surface area contributed by atoms with Gasteiger partial charge in [0.2, 0.25) is 0 Å². The molecule has 166 valence electrons. The highest BCUT2D eigenvalue weighted by atomic mass is 32.1. The largest absolute Gasteiger partial charge is 0.497 e. The average molecular weight is 471 g/mol. The number of fused-ring (bicyclic) bond motifs is 1. The van der Waals surface area contributed by atoms with Gasteiger partial charge in [-0.2, -0.15) is 11.3 Å². The quantitative estimate of drug-likeness (QED) is 0.518. The Kier molecular flexibility index (Phi) is 6.29. The molecule has 0 saturated heterocycles. The number of rotatable bonds is 6. The molecule has 3 heterocycles. The van der Waals surface area contributed by atoms with E-state index in [1.807, 2.05) is 22.9 Å². The van der Waals surface area contributed by atoms with Gasteiger partial charge in [-0.05, 0) is 54.4 Å². The third-order valence-electron chi connectivity index (χ3n) is 5.09. The molecule has 1 aliphatic rings. The molecule has 1 atom stereocenters. The molecule has 4 rings (SSSR count). The van der Waals surface area contributed by atoms with Crippen molar-refractivity contribution < 1.29 is 19.0 Å². The minimum Gasteiger partial charge on any atom is -0.497 e. The van der Waals surface area contributed by atoms with Crippen molar-refractivity contribution >= 4 is 34.7 Å². The zero-order valence-electron chi connectivity index (χ0n) is 18.1. The highest BCUT2D eigenvalue weighted by Gasteiger charge is 2.35. The van der Waals surface area contributed by atoms with E-state index in [0.717, 1.165) is 5.56 Å². The topological polar surface area (TPSA) is 79.1 Å². The molecule has 0 saturated carbocycles. The minimum atomic E-state index is -0.740. The van der Waals surface area contributed by atoms with Crippen LogP contribution in [0.25, 0.3) is 6.08 Å². The van der Waals surface area contributed by atoms with E-state index in [4.69, 9.17) is 14.2 Å². The van der Waals surface area contributed by atoms with Gasteiger partial charge < -0.3 is 14.2 Å². The minimum absolute atomic E-state index is 0.213. The van der Waals surface area contributed by atoms with Gasteiger partial charge in [0, 0.05) is 11.6 Å². The summed E-state index contributed by atoms with van der Waals surface area (Å²) in [5, 5.41) is 3.93. The molecule has 0 N–H and O–H groups in total. The fourth-order valence-electron chi connectivity index (χ4n) is 3.64. The molecule has 2 aromatic heterocycles. The molecular formula is C23H22N2O5S2. The number of esters is 1. The highest BCUT2D eigenvalue weighted by Crippen LogP contribution is 2.37. The van der Waals surface area contributed by atoms with E-state index in [1.165, 1.54) is 11.3 Å². The Balaban J connectivity index is 2.01. The van der Waals surface area contributed by atoms with Gasteiger partial charge in [0.25, 0.3) is 5.56 Å². The maximum absolute atomic E-state index is 13.5. The van der Waals surface area contributed by atoms with Crippen molar-refractivity contribution in [3.63, 3.8) is 0 Å². The summed E-state index contributed by atoms with van der Waals surface area (Å²) in [6.45, 7) is 3.71. The van der Waals surface area contributed by atoms with Gasteiger partial charge in [-0.15, -0.1) is 0 Å². The fraction of sp³-hybridized carbons (Fsp3) is 0.261. The number of carbonyl (C=O) groups excluding carboxylic acids is 1. The molecule has 0 fully saturated rings. The van der Waals surface area contributed by atoms with Crippen LogP contribution < -0.4 is 24.4 Å². The van der Waals surface area contributed by atoms with Crippen LogP contribution in [0.5, 0.6) is 11.5 Å². The normalized spacial score (nSPS) is 15.9. The van der Waals surface area contributed by atoms with Gasteiger partial charge >= 0.3 is 5.97 Å². The molecule has 0 radical (unpaired) electrons. The van der Waals surface area contributed by atoms with Crippen LogP contribution in [0.2, 0.25) is 0 Å². The van der Waals surface area contributed by atoms with Crippen LogP contribution in [0.4, 0.5) is 0 Å². The standard InChI is InChI=1S/C23H22N2O5S2/c1-5-30-22(27)19-13(2)24-23-25(21(26)18(32-23)10-14-8-9-31-12-14)20(19)16-7-6-15(28-3)11-17(16)29-4/h6-12,20H,5H2,1-4H3. The smallest absolute Gasteiger partial charge is 0.338 e. The predicted octanol–water partition coefficient (Wildman–Crippen LogP) is 2.88. The van der Waals surface area contributed by atoms with E-state index in [0.29, 0.717) is 37.7 Å². The lowest BCUT2D eigenvalue weighted by atomic mass is 9.95. The Morgan fingerprint density at radius 1 is 1.25 bits per heavy atom. The molecule has 0 amide bonds. The SMILES string of the molecule is CCOC(=O)C1=C(C)N=c2sc(=Cc3ccsc3)c(=O)n2C1c1ccc(OC)cc1OC. The van der Waals surface area contributed by atoms with E-state index in [9.17, 15) is 9.59 Å². The Morgan fingerprint density at radius 2 is 2.06 bits per heavy atom. The zero-order chi connectivity index (χ0) is 22.8. The molecule has 32 heavy (non-hydrogen) atoms. The Bertz CT molecular complexity index is 1370. The first kappa shape index (κ1) is 22.0. The summed E-state index contributed by atoms with van der Waals surface area (Å²) in [5.41, 5.74) is 2.19. The first-order chi connectivity index (χ1) is 15.5. The molecule has 1 aromatic carbocycles. The summed E-state index contributed by atoms with van der Waals surface area (Å²) >= 11 is 2.85. The van der Waals surface area contributed by atoms with Crippen molar-refractivity contribution in [2.24, 2.45) is 4.99 Å². The summed E-state index contributed by atoms with van der Waals surface area (Å²) < 4.78 is 18.3. The van der Waals surface area contributed by atoms with Crippen molar-refractivity contribution in [1.29, 1.82) is 0 Å². The summed E-state index contributed by atoms with van der Waals surface area (Å²) in [7, 11) is 3.11. The molecule has 0 bridgehead atoms. The molecule has 0 spiro atoms. The van der Waals surface area contributed by atoms with Crippen LogP contribution >= 0.6 is 22.7 Å². The number of nitrogens with zero attached hydrogens (tertiary/aromatic N) is 2. The first-order valence-electron chi connectivity index (χ1n) is 9.92. The monoisotopic (exact) mass is 470 g/mol. The Hall–Kier alpha value is -3.17. The van der Waals surface area contributed by atoms with Crippen LogP contribution in [-0.2, 0) is 9.53 Å². The maximum atomic E-state index is 13.5. The van der Waals surface area contributed by atoms with Gasteiger partial charge in [-0.3, -0.25) is 9.36 Å². The van der Waals surface area contributed by atoms with E-state index in [-0.39, 0.29) is 12.2 Å². The number of allylic oxidation sites excluding steroid dienone is 1. The third kappa shape index (κ3) is 3.89. The van der Waals surface area contributed by atoms with E-state index in [1.54, 1.807) is 62.2 Å². The van der Waals surface area contributed by atoms with Gasteiger partial charge in [0.15, 0.2) is 4.80 Å². The molecule has 7 nitrogen and oxygen atoms in total. The number of carbonyl (C=O) groups is 1. The number of benzene rings is 1. The number of aromatic nitrogens is 1.